The van der Waals surface area contributed by atoms with E-state index in [-0.39, 0.29) is 27.7 Å². The number of nitrogens with zero attached hydrogens (tertiary/aromatic N) is 1. The maximum atomic E-state index is 11.3. The van der Waals surface area contributed by atoms with Gasteiger partial charge in [0.25, 0.3) is 0 Å². The number of benzene rings is 1. The molecule has 1 aromatic heterocycles. The first kappa shape index (κ1) is 13.1. The van der Waals surface area contributed by atoms with Crippen molar-refractivity contribution < 1.29 is 27.9 Å². The largest absolute Gasteiger partial charge is 0.507 e. The molecule has 2 aromatic rings. The molecule has 0 radical (unpaired) electrons. The number of sulfone groups is 1. The van der Waals surface area contributed by atoms with Gasteiger partial charge in [-0.25, -0.2) is 13.2 Å². The number of carboxylic acids is 1. The van der Waals surface area contributed by atoms with Crippen LogP contribution in [-0.4, -0.2) is 36.0 Å². The van der Waals surface area contributed by atoms with Crippen LogP contribution in [0.3, 0.4) is 0 Å². The molecule has 0 unspecified atom stereocenters. The van der Waals surface area contributed by atoms with E-state index < -0.39 is 15.8 Å². The zero-order valence-corrected chi connectivity index (χ0v) is 10.5. The normalized spacial score (nSPS) is 11.4. The molecule has 0 aliphatic carbocycles. The van der Waals surface area contributed by atoms with Gasteiger partial charge in [0.15, 0.2) is 21.3 Å². The predicted octanol–water partition coefficient (Wildman–Crippen LogP) is 1.15. The Morgan fingerprint density at radius 2 is 2.00 bits per heavy atom. The van der Waals surface area contributed by atoms with Crippen molar-refractivity contribution in [1.82, 2.24) is 5.16 Å². The maximum Gasteiger partial charge on any atom is 0.358 e. The van der Waals surface area contributed by atoms with Crippen molar-refractivity contribution in [2.75, 3.05) is 6.26 Å². The quantitative estimate of drug-likeness (QED) is 0.867. The Labute approximate surface area is 108 Å². The molecule has 0 atom stereocenters. The van der Waals surface area contributed by atoms with Gasteiger partial charge in [0, 0.05) is 12.3 Å². The molecule has 0 spiro atoms. The second-order valence-corrected chi connectivity index (χ2v) is 5.85. The molecule has 0 fully saturated rings. The Bertz CT molecular complexity index is 746. The van der Waals surface area contributed by atoms with E-state index in [1.165, 1.54) is 12.1 Å². The summed E-state index contributed by atoms with van der Waals surface area (Å²) in [6, 6.07) is 4.80. The molecule has 8 heteroatoms. The molecule has 0 saturated heterocycles. The van der Waals surface area contributed by atoms with Gasteiger partial charge >= 0.3 is 5.97 Å². The van der Waals surface area contributed by atoms with Crippen LogP contribution in [0.25, 0.3) is 11.3 Å². The number of hydrogen-bond acceptors (Lipinski definition) is 6. The summed E-state index contributed by atoms with van der Waals surface area (Å²) in [6.07, 6.45) is 1.01. The van der Waals surface area contributed by atoms with Gasteiger partial charge in [-0.1, -0.05) is 5.16 Å². The summed E-state index contributed by atoms with van der Waals surface area (Å²) in [5, 5.41) is 21.8. The highest BCUT2D eigenvalue weighted by Crippen LogP contribution is 2.31. The molecule has 0 saturated carbocycles. The zero-order valence-electron chi connectivity index (χ0n) is 9.69. The number of phenols is 1. The van der Waals surface area contributed by atoms with Crippen molar-refractivity contribution in [3.63, 3.8) is 0 Å². The van der Waals surface area contributed by atoms with Crippen molar-refractivity contribution in [3.8, 4) is 17.1 Å². The van der Waals surface area contributed by atoms with Gasteiger partial charge in [0.1, 0.15) is 5.75 Å². The molecular formula is C11H9NO6S. The third-order valence-corrected chi connectivity index (χ3v) is 3.50. The van der Waals surface area contributed by atoms with Gasteiger partial charge in [0.05, 0.1) is 10.5 Å². The molecule has 0 bridgehead atoms. The minimum Gasteiger partial charge on any atom is -0.507 e. The van der Waals surface area contributed by atoms with Crippen molar-refractivity contribution >= 4 is 15.8 Å². The lowest BCUT2D eigenvalue weighted by molar-refractivity contribution is 0.0686. The van der Waals surface area contributed by atoms with Gasteiger partial charge in [-0.15, -0.1) is 0 Å². The van der Waals surface area contributed by atoms with Crippen molar-refractivity contribution in [1.29, 1.82) is 0 Å². The second-order valence-electron chi connectivity index (χ2n) is 3.83. The number of rotatable bonds is 3. The second kappa shape index (κ2) is 4.39. The van der Waals surface area contributed by atoms with E-state index in [0.717, 1.165) is 18.4 Å². The average Bonchev–Trinajstić information content (AvgIpc) is 2.76. The molecule has 19 heavy (non-hydrogen) atoms. The van der Waals surface area contributed by atoms with Crippen LogP contribution >= 0.6 is 0 Å². The minimum atomic E-state index is -3.43. The highest BCUT2D eigenvalue weighted by Gasteiger charge is 2.17. The van der Waals surface area contributed by atoms with Gasteiger partial charge in [-0.2, -0.15) is 0 Å². The molecule has 0 amide bonds. The van der Waals surface area contributed by atoms with Crippen LogP contribution in [0.1, 0.15) is 10.5 Å². The lowest BCUT2D eigenvalue weighted by Gasteiger charge is -2.03. The van der Waals surface area contributed by atoms with Crippen LogP contribution in [0.5, 0.6) is 5.75 Å². The van der Waals surface area contributed by atoms with Crippen LogP contribution in [0.4, 0.5) is 0 Å². The summed E-state index contributed by atoms with van der Waals surface area (Å²) >= 11 is 0. The standard InChI is InChI=1S/C11H9NO6S/c1-19(16,17)6-2-3-7(9(13)4-6)10-5-8(11(14)15)12-18-10/h2-5,13H,1H3,(H,14,15). The number of aromatic carboxylic acids is 1. The first-order valence-electron chi connectivity index (χ1n) is 5.02. The SMILES string of the molecule is CS(=O)(=O)c1ccc(-c2cc(C(=O)O)no2)c(O)c1. The Morgan fingerprint density at radius 3 is 2.47 bits per heavy atom. The van der Waals surface area contributed by atoms with Crippen LogP contribution in [0.15, 0.2) is 33.7 Å². The van der Waals surface area contributed by atoms with Crippen LogP contribution in [0.2, 0.25) is 0 Å². The summed E-state index contributed by atoms with van der Waals surface area (Å²) in [5.41, 5.74) is -0.144. The van der Waals surface area contributed by atoms with E-state index in [1.807, 2.05) is 0 Å². The van der Waals surface area contributed by atoms with Gasteiger partial charge in [-0.3, -0.25) is 0 Å². The number of aromatic hydroxyl groups is 1. The van der Waals surface area contributed by atoms with Crippen LogP contribution in [-0.2, 0) is 9.84 Å². The molecule has 2 rings (SSSR count). The molecule has 1 aromatic carbocycles. The fourth-order valence-electron chi connectivity index (χ4n) is 1.45. The maximum absolute atomic E-state index is 11.3. The fraction of sp³-hybridized carbons (Fsp3) is 0.0909. The Morgan fingerprint density at radius 1 is 1.32 bits per heavy atom. The van der Waals surface area contributed by atoms with E-state index in [0.29, 0.717) is 0 Å². The summed E-state index contributed by atoms with van der Waals surface area (Å²) in [4.78, 5) is 10.6. The Hall–Kier alpha value is -2.35. The van der Waals surface area contributed by atoms with E-state index in [9.17, 15) is 18.3 Å². The fourth-order valence-corrected chi connectivity index (χ4v) is 2.09. The first-order chi connectivity index (χ1) is 8.79. The number of phenolic OH excluding ortho intramolecular Hbond substituents is 1. The van der Waals surface area contributed by atoms with Crippen molar-refractivity contribution in [3.05, 3.63) is 30.0 Å². The lowest BCUT2D eigenvalue weighted by Crippen LogP contribution is -1.96. The van der Waals surface area contributed by atoms with Gasteiger partial charge in [0.2, 0.25) is 0 Å². The smallest absolute Gasteiger partial charge is 0.358 e. The summed E-state index contributed by atoms with van der Waals surface area (Å²) < 4.78 is 27.4. The molecule has 2 N–H and O–H groups in total. The molecule has 7 nitrogen and oxygen atoms in total. The number of carbonyl (C=O) groups is 1. The highest BCUT2D eigenvalue weighted by atomic mass is 32.2. The van der Waals surface area contributed by atoms with Crippen LogP contribution in [0, 0.1) is 0 Å². The average molecular weight is 283 g/mol. The van der Waals surface area contributed by atoms with Crippen LogP contribution < -0.4 is 0 Å². The zero-order chi connectivity index (χ0) is 14.2. The molecule has 0 aliphatic heterocycles. The topological polar surface area (TPSA) is 118 Å². The highest BCUT2D eigenvalue weighted by molar-refractivity contribution is 7.90. The molecule has 0 aliphatic rings. The van der Waals surface area contributed by atoms with E-state index >= 15 is 0 Å². The number of carboxylic acid groups (broad SMARTS) is 1. The summed E-state index contributed by atoms with van der Waals surface area (Å²) in [6.45, 7) is 0. The summed E-state index contributed by atoms with van der Waals surface area (Å²) in [7, 11) is -3.43. The predicted molar refractivity (Wildman–Crippen MR) is 63.7 cm³/mol. The third kappa shape index (κ3) is 2.58. The molecule has 100 valence electrons. The van der Waals surface area contributed by atoms with E-state index in [1.54, 1.807) is 0 Å². The van der Waals surface area contributed by atoms with Crippen molar-refractivity contribution in [2.24, 2.45) is 0 Å². The number of hydrogen-bond donors (Lipinski definition) is 2. The van der Waals surface area contributed by atoms with Gasteiger partial charge < -0.3 is 14.7 Å². The van der Waals surface area contributed by atoms with E-state index in [4.69, 9.17) is 9.63 Å². The Kier molecular flexibility index (Phi) is 3.03. The molecule has 1 heterocycles. The minimum absolute atomic E-state index is 0.0370. The molecular weight excluding hydrogens is 274 g/mol. The number of aromatic nitrogens is 1. The third-order valence-electron chi connectivity index (χ3n) is 2.39. The monoisotopic (exact) mass is 283 g/mol. The lowest BCUT2D eigenvalue weighted by atomic mass is 10.1. The summed E-state index contributed by atoms with van der Waals surface area (Å²) in [5.74, 6) is -1.56. The van der Waals surface area contributed by atoms with E-state index in [2.05, 4.69) is 5.16 Å². The van der Waals surface area contributed by atoms with Crippen molar-refractivity contribution in [2.45, 2.75) is 4.90 Å². The van der Waals surface area contributed by atoms with Gasteiger partial charge in [-0.05, 0) is 18.2 Å². The Balaban J connectivity index is 2.49. The first-order valence-corrected chi connectivity index (χ1v) is 6.91.